The Balaban J connectivity index is 1.81. The van der Waals surface area contributed by atoms with E-state index in [9.17, 15) is 9.18 Å². The molecule has 2 unspecified atom stereocenters. The van der Waals surface area contributed by atoms with Gasteiger partial charge in [-0.15, -0.1) is 0 Å². The number of esters is 1. The minimum atomic E-state index is -0.397. The molecular weight excluding hydrogens is 357 g/mol. The van der Waals surface area contributed by atoms with Crippen molar-refractivity contribution in [3.63, 3.8) is 0 Å². The van der Waals surface area contributed by atoms with Gasteiger partial charge in [-0.25, -0.2) is 9.18 Å². The summed E-state index contributed by atoms with van der Waals surface area (Å²) in [6.07, 6.45) is 5.01. The van der Waals surface area contributed by atoms with E-state index in [2.05, 4.69) is 28.6 Å². The van der Waals surface area contributed by atoms with Crippen LogP contribution in [0.15, 0.2) is 24.4 Å². The molecule has 0 radical (unpaired) electrons. The van der Waals surface area contributed by atoms with Crippen molar-refractivity contribution in [3.8, 4) is 0 Å². The molecule has 2 aromatic rings. The molecule has 28 heavy (non-hydrogen) atoms. The van der Waals surface area contributed by atoms with Gasteiger partial charge in [0.05, 0.1) is 17.8 Å². The summed E-state index contributed by atoms with van der Waals surface area (Å²) in [7, 11) is 0. The summed E-state index contributed by atoms with van der Waals surface area (Å²) in [6.45, 7) is 8.26. The highest BCUT2D eigenvalue weighted by molar-refractivity contribution is 6.05. The quantitative estimate of drug-likeness (QED) is 0.745. The van der Waals surface area contributed by atoms with Crippen LogP contribution in [0.25, 0.3) is 10.9 Å². The van der Waals surface area contributed by atoms with Crippen LogP contribution in [0.5, 0.6) is 0 Å². The molecule has 2 aliphatic heterocycles. The summed E-state index contributed by atoms with van der Waals surface area (Å²) < 4.78 is 19.4. The van der Waals surface area contributed by atoms with E-state index >= 15 is 0 Å². The first-order chi connectivity index (χ1) is 13.5. The molecule has 2 atom stereocenters. The number of benzene rings is 1. The summed E-state index contributed by atoms with van der Waals surface area (Å²) in [6, 6.07) is 6.09. The molecule has 0 aliphatic carbocycles. The van der Waals surface area contributed by atoms with Crippen molar-refractivity contribution in [3.05, 3.63) is 35.8 Å². The number of rotatable bonds is 4. The fourth-order valence-electron chi connectivity index (χ4n) is 5.01. The third-order valence-corrected chi connectivity index (χ3v) is 6.05. The van der Waals surface area contributed by atoms with Gasteiger partial charge in [-0.2, -0.15) is 0 Å². The Kier molecular flexibility index (Phi) is 5.23. The summed E-state index contributed by atoms with van der Waals surface area (Å²) >= 11 is 0. The van der Waals surface area contributed by atoms with Gasteiger partial charge in [0.2, 0.25) is 0 Å². The number of halogens is 1. The number of carbonyl (C=O) groups is 1. The van der Waals surface area contributed by atoms with E-state index in [0.29, 0.717) is 41.2 Å². The van der Waals surface area contributed by atoms with Crippen molar-refractivity contribution in [2.24, 2.45) is 0 Å². The van der Waals surface area contributed by atoms with Crippen molar-refractivity contribution in [1.82, 2.24) is 9.88 Å². The molecule has 2 fully saturated rings. The van der Waals surface area contributed by atoms with E-state index < -0.39 is 5.97 Å². The number of anilines is 1. The highest BCUT2D eigenvalue weighted by Gasteiger charge is 2.39. The van der Waals surface area contributed by atoms with Gasteiger partial charge in [0.25, 0.3) is 0 Å². The molecule has 2 saturated heterocycles. The number of hydrogen-bond acceptors (Lipinski definition) is 5. The second-order valence-corrected chi connectivity index (χ2v) is 8.06. The van der Waals surface area contributed by atoms with Crippen molar-refractivity contribution in [1.29, 1.82) is 0 Å². The second-order valence-electron chi connectivity index (χ2n) is 8.06. The van der Waals surface area contributed by atoms with Gasteiger partial charge in [0, 0.05) is 42.8 Å². The van der Waals surface area contributed by atoms with Crippen LogP contribution in [-0.2, 0) is 4.74 Å². The fraction of sp³-hybridized carbons (Fsp3) is 0.545. The molecule has 1 aromatic carbocycles. The van der Waals surface area contributed by atoms with Crippen LogP contribution in [0.3, 0.4) is 0 Å². The van der Waals surface area contributed by atoms with Gasteiger partial charge in [0.1, 0.15) is 11.4 Å². The molecule has 3 heterocycles. The topological polar surface area (TPSA) is 45.7 Å². The molecule has 4 rings (SSSR count). The minimum absolute atomic E-state index is 0.297. The third-order valence-electron chi connectivity index (χ3n) is 6.05. The lowest BCUT2D eigenvalue weighted by Gasteiger charge is -2.33. The maximum atomic E-state index is 14.1. The molecule has 150 valence electrons. The first-order valence-corrected chi connectivity index (χ1v) is 10.3. The lowest BCUT2D eigenvalue weighted by Crippen LogP contribution is -2.43. The number of fused-ring (bicyclic) bond motifs is 3. The molecule has 6 heteroatoms. The van der Waals surface area contributed by atoms with Crippen LogP contribution in [0, 0.1) is 5.82 Å². The van der Waals surface area contributed by atoms with Crippen LogP contribution in [0.1, 0.15) is 50.4 Å². The highest BCUT2D eigenvalue weighted by Crippen LogP contribution is 2.37. The standard InChI is InChI=1S/C22H28FN3O2/c1-4-28-22(27)19-12-24-20-8-5-15(23)11-18(20)21(19)25-10-9-16-6-7-17(13-25)26(16)14(2)3/h5,8,11-12,14,16-17H,4,6-7,9-10,13H2,1-3H3. The van der Waals surface area contributed by atoms with E-state index in [4.69, 9.17) is 4.74 Å². The Morgan fingerprint density at radius 3 is 2.82 bits per heavy atom. The number of carbonyl (C=O) groups excluding carboxylic acids is 1. The minimum Gasteiger partial charge on any atom is -0.462 e. The maximum absolute atomic E-state index is 14.1. The zero-order valence-electron chi connectivity index (χ0n) is 16.8. The lowest BCUT2D eigenvalue weighted by molar-refractivity contribution is 0.0526. The van der Waals surface area contributed by atoms with Gasteiger partial charge < -0.3 is 9.64 Å². The predicted molar refractivity (Wildman–Crippen MR) is 108 cm³/mol. The maximum Gasteiger partial charge on any atom is 0.341 e. The largest absolute Gasteiger partial charge is 0.462 e. The zero-order chi connectivity index (χ0) is 19.8. The van der Waals surface area contributed by atoms with Gasteiger partial charge in [-0.3, -0.25) is 9.88 Å². The molecule has 5 nitrogen and oxygen atoms in total. The third kappa shape index (κ3) is 3.34. The molecule has 0 spiro atoms. The Morgan fingerprint density at radius 2 is 2.07 bits per heavy atom. The number of hydrogen-bond donors (Lipinski definition) is 0. The first kappa shape index (κ1) is 19.1. The van der Waals surface area contributed by atoms with Crippen molar-refractivity contribution < 1.29 is 13.9 Å². The number of pyridine rings is 1. The smallest absolute Gasteiger partial charge is 0.341 e. The van der Waals surface area contributed by atoms with Crippen LogP contribution in [0.2, 0.25) is 0 Å². The summed E-state index contributed by atoms with van der Waals surface area (Å²) in [5.41, 5.74) is 1.88. The summed E-state index contributed by atoms with van der Waals surface area (Å²) in [5, 5.41) is 0.680. The van der Waals surface area contributed by atoms with E-state index in [1.54, 1.807) is 19.2 Å². The Labute approximate surface area is 165 Å². The molecule has 1 aromatic heterocycles. The second kappa shape index (κ2) is 7.66. The van der Waals surface area contributed by atoms with Crippen molar-refractivity contribution >= 4 is 22.6 Å². The van der Waals surface area contributed by atoms with Crippen LogP contribution >= 0.6 is 0 Å². The van der Waals surface area contributed by atoms with E-state index in [-0.39, 0.29) is 5.82 Å². The van der Waals surface area contributed by atoms with Crippen LogP contribution in [-0.4, -0.2) is 53.7 Å². The average molecular weight is 385 g/mol. The van der Waals surface area contributed by atoms with Crippen LogP contribution < -0.4 is 4.90 Å². The summed E-state index contributed by atoms with van der Waals surface area (Å²) in [5.74, 6) is -0.719. The van der Waals surface area contributed by atoms with Gasteiger partial charge in [-0.05, 0) is 58.2 Å². The Morgan fingerprint density at radius 1 is 1.29 bits per heavy atom. The molecular formula is C22H28FN3O2. The molecule has 2 bridgehead atoms. The van der Waals surface area contributed by atoms with E-state index in [0.717, 1.165) is 31.6 Å². The Bertz CT molecular complexity index is 885. The van der Waals surface area contributed by atoms with E-state index in [1.165, 1.54) is 18.6 Å². The van der Waals surface area contributed by atoms with Gasteiger partial charge in [0.15, 0.2) is 0 Å². The normalized spacial score (nSPS) is 22.7. The SMILES string of the molecule is CCOC(=O)c1cnc2ccc(F)cc2c1N1CCC2CCC(C1)N2C(C)C. The lowest BCUT2D eigenvalue weighted by atomic mass is 10.0. The highest BCUT2D eigenvalue weighted by atomic mass is 19.1. The molecule has 2 aliphatic rings. The monoisotopic (exact) mass is 385 g/mol. The van der Waals surface area contributed by atoms with Crippen molar-refractivity contribution in [2.45, 2.75) is 58.2 Å². The summed E-state index contributed by atoms with van der Waals surface area (Å²) in [4.78, 5) is 21.9. The molecule has 0 amide bonds. The van der Waals surface area contributed by atoms with Gasteiger partial charge >= 0.3 is 5.97 Å². The first-order valence-electron chi connectivity index (χ1n) is 10.3. The average Bonchev–Trinajstić information content (AvgIpc) is 2.96. The molecule has 0 N–H and O–H groups in total. The van der Waals surface area contributed by atoms with E-state index in [1.807, 2.05) is 0 Å². The van der Waals surface area contributed by atoms with Gasteiger partial charge in [-0.1, -0.05) is 0 Å². The zero-order valence-corrected chi connectivity index (χ0v) is 16.8. The predicted octanol–water partition coefficient (Wildman–Crippen LogP) is 4.00. The Hall–Kier alpha value is -2.21. The number of aromatic nitrogens is 1. The number of ether oxygens (including phenoxy) is 1. The van der Waals surface area contributed by atoms with Crippen LogP contribution in [0.4, 0.5) is 10.1 Å². The fourth-order valence-corrected chi connectivity index (χ4v) is 5.01. The van der Waals surface area contributed by atoms with Crippen molar-refractivity contribution in [2.75, 3.05) is 24.6 Å². The molecule has 0 saturated carbocycles. The number of nitrogens with zero attached hydrogens (tertiary/aromatic N) is 3.